The lowest BCUT2D eigenvalue weighted by molar-refractivity contribution is 0.0402. The predicted molar refractivity (Wildman–Crippen MR) is 110 cm³/mol. The Hall–Kier alpha value is -3.64. The summed E-state index contributed by atoms with van der Waals surface area (Å²) < 4.78 is 16.1. The van der Waals surface area contributed by atoms with Crippen molar-refractivity contribution < 1.29 is 23.3 Å². The fourth-order valence-electron chi connectivity index (χ4n) is 2.82. The largest absolute Gasteiger partial charge is 0.452 e. The van der Waals surface area contributed by atoms with E-state index in [1.807, 2.05) is 12.1 Å². The zero-order valence-electron chi connectivity index (χ0n) is 15.9. The maximum Gasteiger partial charge on any atom is 0.374 e. The maximum atomic E-state index is 12.3. The number of hydrogen-bond donors (Lipinski definition) is 0. The number of benzene rings is 2. The zero-order valence-corrected chi connectivity index (χ0v) is 16.7. The predicted octanol–water partition coefficient (Wildman–Crippen LogP) is 5.81. The number of halogens is 1. The molecule has 0 amide bonds. The van der Waals surface area contributed by atoms with Crippen LogP contribution in [-0.2, 0) is 11.3 Å². The van der Waals surface area contributed by atoms with Crippen LogP contribution in [0.4, 0.5) is 0 Å². The second-order valence-corrected chi connectivity index (χ2v) is 7.00. The molecule has 7 heteroatoms. The number of Topliss-reactive ketones (excluding diaryl/α,β-unsaturated/α-hetero) is 1. The molecule has 0 radical (unpaired) electrons. The third-order valence-corrected chi connectivity index (χ3v) is 4.68. The lowest BCUT2D eigenvalue weighted by atomic mass is 10.1. The fourth-order valence-corrected chi connectivity index (χ4v) is 2.94. The van der Waals surface area contributed by atoms with Gasteiger partial charge in [-0.25, -0.2) is 4.79 Å². The Bertz CT molecular complexity index is 1190. The first-order valence-corrected chi connectivity index (χ1v) is 9.47. The van der Waals surface area contributed by atoms with Crippen LogP contribution in [0, 0.1) is 0 Å². The van der Waals surface area contributed by atoms with E-state index in [0.717, 1.165) is 11.1 Å². The number of hydrogen-bond acceptors (Lipinski definition) is 6. The van der Waals surface area contributed by atoms with Gasteiger partial charge < -0.3 is 13.7 Å². The number of aromatic nitrogens is 1. The van der Waals surface area contributed by atoms with E-state index < -0.39 is 5.97 Å². The lowest BCUT2D eigenvalue weighted by Crippen LogP contribution is -2.03. The van der Waals surface area contributed by atoms with Crippen LogP contribution in [0.5, 0.6) is 0 Å². The highest BCUT2D eigenvalue weighted by Gasteiger charge is 2.16. The quantitative estimate of drug-likeness (QED) is 0.288. The number of carbonyl (C=O) groups excluding carboxylic acids is 2. The van der Waals surface area contributed by atoms with Crippen LogP contribution in [0.1, 0.15) is 33.6 Å². The van der Waals surface area contributed by atoms with Crippen LogP contribution in [0.2, 0.25) is 5.02 Å². The van der Waals surface area contributed by atoms with Crippen LogP contribution in [0.25, 0.3) is 22.6 Å². The standard InChI is InChI=1S/C23H16ClNO5/c1-14(26)15-2-4-17(5-3-15)21-10-11-22(29-21)23(27)28-13-19-12-20(25-30-19)16-6-8-18(24)9-7-16/h2-12H,13H2,1H3. The first-order valence-electron chi connectivity index (χ1n) is 9.09. The topological polar surface area (TPSA) is 82.5 Å². The molecular weight excluding hydrogens is 406 g/mol. The molecule has 2 aromatic carbocycles. The number of rotatable bonds is 6. The molecule has 0 aliphatic heterocycles. The van der Waals surface area contributed by atoms with Gasteiger partial charge in [0.1, 0.15) is 11.5 Å². The van der Waals surface area contributed by atoms with Gasteiger partial charge in [-0.1, -0.05) is 53.2 Å². The minimum absolute atomic E-state index is 0.0168. The average Bonchev–Trinajstić information content (AvgIpc) is 3.43. The van der Waals surface area contributed by atoms with Crippen molar-refractivity contribution in [2.75, 3.05) is 0 Å². The van der Waals surface area contributed by atoms with E-state index in [1.54, 1.807) is 48.5 Å². The Morgan fingerprint density at radius 2 is 1.67 bits per heavy atom. The Kier molecular flexibility index (Phi) is 5.50. The molecule has 4 aromatic rings. The molecule has 0 fully saturated rings. The molecule has 4 rings (SSSR count). The number of ketones is 1. The van der Waals surface area contributed by atoms with E-state index in [2.05, 4.69) is 5.16 Å². The minimum Gasteiger partial charge on any atom is -0.452 e. The highest BCUT2D eigenvalue weighted by molar-refractivity contribution is 6.30. The molecule has 0 aliphatic rings. The molecule has 6 nitrogen and oxygen atoms in total. The van der Waals surface area contributed by atoms with Crippen molar-refractivity contribution >= 4 is 23.4 Å². The Morgan fingerprint density at radius 3 is 2.37 bits per heavy atom. The molecule has 2 heterocycles. The van der Waals surface area contributed by atoms with Crippen molar-refractivity contribution in [2.24, 2.45) is 0 Å². The number of nitrogens with zero attached hydrogens (tertiary/aromatic N) is 1. The molecule has 0 unspecified atom stereocenters. The maximum absolute atomic E-state index is 12.3. The van der Waals surface area contributed by atoms with Crippen molar-refractivity contribution in [3.63, 3.8) is 0 Å². The van der Waals surface area contributed by atoms with Crippen molar-refractivity contribution in [1.82, 2.24) is 5.16 Å². The number of ether oxygens (including phenoxy) is 1. The Balaban J connectivity index is 1.39. The van der Waals surface area contributed by atoms with Gasteiger partial charge in [0.15, 0.2) is 18.2 Å². The molecule has 0 saturated carbocycles. The van der Waals surface area contributed by atoms with Gasteiger partial charge in [-0.2, -0.15) is 0 Å². The third-order valence-electron chi connectivity index (χ3n) is 4.43. The molecule has 150 valence electrons. The highest BCUT2D eigenvalue weighted by atomic mass is 35.5. The van der Waals surface area contributed by atoms with Crippen molar-refractivity contribution in [3.8, 4) is 22.6 Å². The summed E-state index contributed by atoms with van der Waals surface area (Å²) in [6, 6.07) is 19.0. The summed E-state index contributed by atoms with van der Waals surface area (Å²) in [5.74, 6) is 0.336. The van der Waals surface area contributed by atoms with E-state index in [9.17, 15) is 9.59 Å². The molecular formula is C23H16ClNO5. The van der Waals surface area contributed by atoms with Crippen LogP contribution in [0.15, 0.2) is 75.7 Å². The van der Waals surface area contributed by atoms with Crippen LogP contribution in [-0.4, -0.2) is 16.9 Å². The van der Waals surface area contributed by atoms with Gasteiger partial charge in [-0.15, -0.1) is 0 Å². The summed E-state index contributed by atoms with van der Waals surface area (Å²) in [4.78, 5) is 23.7. The summed E-state index contributed by atoms with van der Waals surface area (Å²) in [6.45, 7) is 1.42. The van der Waals surface area contributed by atoms with E-state index >= 15 is 0 Å². The first-order chi connectivity index (χ1) is 14.5. The number of carbonyl (C=O) groups is 2. The smallest absolute Gasteiger partial charge is 0.374 e. The monoisotopic (exact) mass is 421 g/mol. The molecule has 0 N–H and O–H groups in total. The second kappa shape index (κ2) is 8.39. The molecule has 0 aliphatic carbocycles. The number of furan rings is 1. The van der Waals surface area contributed by atoms with E-state index in [4.69, 9.17) is 25.3 Å². The van der Waals surface area contributed by atoms with Gasteiger partial charge in [0, 0.05) is 27.8 Å². The highest BCUT2D eigenvalue weighted by Crippen LogP contribution is 2.24. The van der Waals surface area contributed by atoms with Crippen molar-refractivity contribution in [1.29, 1.82) is 0 Å². The molecule has 0 bridgehead atoms. The third kappa shape index (κ3) is 4.34. The van der Waals surface area contributed by atoms with Gasteiger partial charge in [-0.05, 0) is 31.2 Å². The van der Waals surface area contributed by atoms with Crippen molar-refractivity contribution in [3.05, 3.63) is 88.8 Å². The second-order valence-electron chi connectivity index (χ2n) is 6.56. The molecule has 30 heavy (non-hydrogen) atoms. The van der Waals surface area contributed by atoms with Crippen LogP contribution < -0.4 is 0 Å². The summed E-state index contributed by atoms with van der Waals surface area (Å²) in [5.41, 5.74) is 2.82. The van der Waals surface area contributed by atoms with Crippen molar-refractivity contribution in [2.45, 2.75) is 13.5 Å². The lowest BCUT2D eigenvalue weighted by Gasteiger charge is -2.00. The molecule has 0 atom stereocenters. The summed E-state index contributed by atoms with van der Waals surface area (Å²) >= 11 is 5.88. The van der Waals surface area contributed by atoms with Gasteiger partial charge in [0.25, 0.3) is 0 Å². The van der Waals surface area contributed by atoms with Crippen LogP contribution >= 0.6 is 11.6 Å². The zero-order chi connectivity index (χ0) is 21.1. The van der Waals surface area contributed by atoms with Crippen LogP contribution in [0.3, 0.4) is 0 Å². The Morgan fingerprint density at radius 1 is 0.967 bits per heavy atom. The van der Waals surface area contributed by atoms with Gasteiger partial charge in [-0.3, -0.25) is 4.79 Å². The van der Waals surface area contributed by atoms with Gasteiger partial charge in [0.05, 0.1) is 0 Å². The van der Waals surface area contributed by atoms with Gasteiger partial charge in [0.2, 0.25) is 5.76 Å². The number of esters is 1. The fraction of sp³-hybridized carbons (Fsp3) is 0.0870. The normalized spacial score (nSPS) is 10.7. The minimum atomic E-state index is -0.619. The molecule has 2 aromatic heterocycles. The summed E-state index contributed by atoms with van der Waals surface area (Å²) in [7, 11) is 0. The first kappa shape index (κ1) is 19.7. The summed E-state index contributed by atoms with van der Waals surface area (Å²) in [6.07, 6.45) is 0. The SMILES string of the molecule is CC(=O)c1ccc(-c2ccc(C(=O)OCc3cc(-c4ccc(Cl)cc4)no3)o2)cc1. The van der Waals surface area contributed by atoms with E-state index in [0.29, 0.717) is 27.8 Å². The van der Waals surface area contributed by atoms with E-state index in [1.165, 1.54) is 13.0 Å². The molecule has 0 spiro atoms. The Labute approximate surface area is 177 Å². The van der Waals surface area contributed by atoms with Gasteiger partial charge >= 0.3 is 5.97 Å². The summed E-state index contributed by atoms with van der Waals surface area (Å²) in [5, 5.41) is 4.60. The van der Waals surface area contributed by atoms with E-state index in [-0.39, 0.29) is 18.2 Å². The average molecular weight is 422 g/mol. The molecule has 0 saturated heterocycles.